The minimum atomic E-state index is 0.123. The quantitative estimate of drug-likeness (QED) is 0.324. The fraction of sp³-hybridized carbons (Fsp3) is 0.909. The first-order chi connectivity index (χ1) is 7.06. The topological polar surface area (TPSA) is 61.8 Å². The number of hydrogen-bond acceptors (Lipinski definition) is 3. The second-order valence-electron chi connectivity index (χ2n) is 4.75. The Morgan fingerprint density at radius 1 is 1.47 bits per heavy atom. The molecular weight excluding hydrogens is 190 g/mol. The Labute approximate surface area is 92.1 Å². The summed E-state index contributed by atoms with van der Waals surface area (Å²) in [6.45, 7) is 7.41. The second kappa shape index (κ2) is 5.35. The fourth-order valence-electron chi connectivity index (χ4n) is 2.34. The molecule has 1 saturated heterocycles. The highest BCUT2D eigenvalue weighted by Crippen LogP contribution is 2.23. The summed E-state index contributed by atoms with van der Waals surface area (Å²) in [5.41, 5.74) is 5.60. The molecule has 0 aromatic rings. The van der Waals surface area contributed by atoms with Crippen LogP contribution in [-0.4, -0.2) is 34.6 Å². The zero-order valence-corrected chi connectivity index (χ0v) is 9.98. The van der Waals surface area contributed by atoms with Gasteiger partial charge in [0, 0.05) is 24.5 Å². The zero-order valence-electron chi connectivity index (χ0n) is 9.98. The second-order valence-corrected chi connectivity index (χ2v) is 4.75. The van der Waals surface area contributed by atoms with Crippen molar-refractivity contribution in [2.45, 2.75) is 52.1 Å². The van der Waals surface area contributed by atoms with E-state index >= 15 is 0 Å². The Hall–Kier alpha value is -0.770. The van der Waals surface area contributed by atoms with Crippen LogP contribution in [0.25, 0.3) is 0 Å². The maximum Gasteiger partial charge on any atom is 0.143 e. The summed E-state index contributed by atoms with van der Waals surface area (Å²) in [5, 5.41) is 11.7. The average Bonchev–Trinajstić information content (AvgIpc) is 2.22. The monoisotopic (exact) mass is 213 g/mol. The third-order valence-electron chi connectivity index (χ3n) is 3.48. The molecule has 0 radical (unpaired) electrons. The van der Waals surface area contributed by atoms with E-state index in [9.17, 15) is 0 Å². The van der Waals surface area contributed by atoms with Crippen LogP contribution >= 0.6 is 0 Å². The van der Waals surface area contributed by atoms with Crippen LogP contribution in [0.3, 0.4) is 0 Å². The molecule has 3 atom stereocenters. The molecule has 0 saturated carbocycles. The molecule has 1 unspecified atom stereocenters. The number of amidine groups is 1. The van der Waals surface area contributed by atoms with Gasteiger partial charge in [-0.3, -0.25) is 4.90 Å². The van der Waals surface area contributed by atoms with Gasteiger partial charge in [-0.05, 0) is 26.7 Å². The van der Waals surface area contributed by atoms with Gasteiger partial charge in [0.25, 0.3) is 0 Å². The number of hydrogen-bond donors (Lipinski definition) is 2. The Kier molecular flexibility index (Phi) is 4.39. The van der Waals surface area contributed by atoms with Gasteiger partial charge in [-0.2, -0.15) is 0 Å². The standard InChI is InChI=1S/C11H23N3O/c1-8(11(12)13-15)7-14-9(2)5-4-6-10(14)3/h8-10,15H,4-7H2,1-3H3,(H2,12,13)/t8?,9-,10+. The predicted octanol–water partition coefficient (Wildman–Crippen LogP) is 1.63. The van der Waals surface area contributed by atoms with Gasteiger partial charge in [0.15, 0.2) is 0 Å². The normalized spacial score (nSPS) is 31.5. The summed E-state index contributed by atoms with van der Waals surface area (Å²) in [5.74, 6) is 0.456. The molecule has 4 heteroatoms. The summed E-state index contributed by atoms with van der Waals surface area (Å²) in [7, 11) is 0. The largest absolute Gasteiger partial charge is 0.409 e. The Bertz CT molecular complexity index is 220. The van der Waals surface area contributed by atoms with E-state index in [4.69, 9.17) is 10.9 Å². The first kappa shape index (κ1) is 12.3. The fourth-order valence-corrected chi connectivity index (χ4v) is 2.34. The summed E-state index contributed by atoms with van der Waals surface area (Å²) in [6, 6.07) is 1.23. The van der Waals surface area contributed by atoms with Gasteiger partial charge in [-0.15, -0.1) is 0 Å². The number of nitrogens with zero attached hydrogens (tertiary/aromatic N) is 2. The van der Waals surface area contributed by atoms with Gasteiger partial charge < -0.3 is 10.9 Å². The molecule has 1 heterocycles. The van der Waals surface area contributed by atoms with Crippen molar-refractivity contribution in [2.75, 3.05) is 6.54 Å². The van der Waals surface area contributed by atoms with Crippen molar-refractivity contribution < 1.29 is 5.21 Å². The highest BCUT2D eigenvalue weighted by atomic mass is 16.4. The lowest BCUT2D eigenvalue weighted by Gasteiger charge is -2.40. The van der Waals surface area contributed by atoms with Crippen LogP contribution in [0.4, 0.5) is 0 Å². The van der Waals surface area contributed by atoms with Crippen molar-refractivity contribution in [3.05, 3.63) is 0 Å². The Balaban J connectivity index is 2.54. The minimum absolute atomic E-state index is 0.123. The molecule has 0 bridgehead atoms. The third-order valence-corrected chi connectivity index (χ3v) is 3.48. The molecule has 0 aromatic carbocycles. The number of nitrogens with two attached hydrogens (primary N) is 1. The maximum absolute atomic E-state index is 8.61. The number of oxime groups is 1. The van der Waals surface area contributed by atoms with Gasteiger partial charge >= 0.3 is 0 Å². The first-order valence-corrected chi connectivity index (χ1v) is 5.79. The lowest BCUT2D eigenvalue weighted by atomic mass is 9.96. The SMILES string of the molecule is CC(CN1[C@H](C)CCC[C@@H]1C)C(N)=NO. The Morgan fingerprint density at radius 2 is 2.00 bits per heavy atom. The van der Waals surface area contributed by atoms with Gasteiger partial charge in [-0.1, -0.05) is 18.5 Å². The van der Waals surface area contributed by atoms with Crippen LogP contribution in [0.1, 0.15) is 40.0 Å². The van der Waals surface area contributed by atoms with Crippen molar-refractivity contribution in [2.24, 2.45) is 16.8 Å². The summed E-state index contributed by atoms with van der Waals surface area (Å²) >= 11 is 0. The summed E-state index contributed by atoms with van der Waals surface area (Å²) < 4.78 is 0. The van der Waals surface area contributed by atoms with Crippen LogP contribution in [0.5, 0.6) is 0 Å². The van der Waals surface area contributed by atoms with Crippen LogP contribution in [0.15, 0.2) is 5.16 Å². The zero-order chi connectivity index (χ0) is 11.4. The van der Waals surface area contributed by atoms with Crippen molar-refractivity contribution in [3.8, 4) is 0 Å². The lowest BCUT2D eigenvalue weighted by Crippen LogP contribution is -2.47. The molecule has 15 heavy (non-hydrogen) atoms. The van der Waals surface area contributed by atoms with E-state index in [0.29, 0.717) is 17.9 Å². The van der Waals surface area contributed by atoms with Gasteiger partial charge in [0.1, 0.15) is 5.84 Å². The average molecular weight is 213 g/mol. The molecule has 0 amide bonds. The molecule has 1 fully saturated rings. The molecule has 1 rings (SSSR count). The highest BCUT2D eigenvalue weighted by molar-refractivity contribution is 5.82. The summed E-state index contributed by atoms with van der Waals surface area (Å²) in [6.07, 6.45) is 3.83. The smallest absolute Gasteiger partial charge is 0.143 e. The van der Waals surface area contributed by atoms with Crippen molar-refractivity contribution >= 4 is 5.84 Å². The molecule has 0 aromatic heterocycles. The number of likely N-dealkylation sites (tertiary alicyclic amines) is 1. The molecular formula is C11H23N3O. The van der Waals surface area contributed by atoms with E-state index < -0.39 is 0 Å². The molecule has 0 aliphatic carbocycles. The highest BCUT2D eigenvalue weighted by Gasteiger charge is 2.26. The van der Waals surface area contributed by atoms with Gasteiger partial charge in [0.2, 0.25) is 0 Å². The molecule has 0 spiro atoms. The van der Waals surface area contributed by atoms with E-state index in [0.717, 1.165) is 6.54 Å². The molecule has 88 valence electrons. The van der Waals surface area contributed by atoms with Gasteiger partial charge in [0.05, 0.1) is 0 Å². The molecule has 1 aliphatic rings. The van der Waals surface area contributed by atoms with E-state index in [-0.39, 0.29) is 5.92 Å². The van der Waals surface area contributed by atoms with Crippen LogP contribution in [-0.2, 0) is 0 Å². The van der Waals surface area contributed by atoms with Crippen LogP contribution in [0.2, 0.25) is 0 Å². The van der Waals surface area contributed by atoms with E-state index in [1.165, 1.54) is 19.3 Å². The molecule has 1 aliphatic heterocycles. The van der Waals surface area contributed by atoms with Crippen molar-refractivity contribution in [3.63, 3.8) is 0 Å². The number of piperidine rings is 1. The summed E-state index contributed by atoms with van der Waals surface area (Å²) in [4.78, 5) is 2.46. The van der Waals surface area contributed by atoms with Crippen molar-refractivity contribution in [1.29, 1.82) is 0 Å². The molecule has 4 nitrogen and oxygen atoms in total. The Morgan fingerprint density at radius 3 is 2.47 bits per heavy atom. The predicted molar refractivity (Wildman–Crippen MR) is 62.1 cm³/mol. The van der Waals surface area contributed by atoms with E-state index in [2.05, 4.69) is 23.9 Å². The van der Waals surface area contributed by atoms with Crippen LogP contribution < -0.4 is 5.73 Å². The van der Waals surface area contributed by atoms with Crippen molar-refractivity contribution in [1.82, 2.24) is 4.90 Å². The van der Waals surface area contributed by atoms with Gasteiger partial charge in [-0.25, -0.2) is 0 Å². The third kappa shape index (κ3) is 3.09. The maximum atomic E-state index is 8.61. The minimum Gasteiger partial charge on any atom is -0.409 e. The van der Waals surface area contributed by atoms with Crippen LogP contribution in [0, 0.1) is 5.92 Å². The lowest BCUT2D eigenvalue weighted by molar-refractivity contribution is 0.0955. The number of rotatable bonds is 3. The first-order valence-electron chi connectivity index (χ1n) is 5.79. The van der Waals surface area contributed by atoms with E-state index in [1.807, 2.05) is 6.92 Å². The van der Waals surface area contributed by atoms with E-state index in [1.54, 1.807) is 0 Å². The molecule has 3 N–H and O–H groups in total.